The van der Waals surface area contributed by atoms with Crippen LogP contribution in [0.1, 0.15) is 44.3 Å². The third-order valence-corrected chi connectivity index (χ3v) is 5.74. The van der Waals surface area contributed by atoms with Crippen molar-refractivity contribution < 1.29 is 4.79 Å². The zero-order valence-electron chi connectivity index (χ0n) is 16.1. The van der Waals surface area contributed by atoms with Crippen molar-refractivity contribution >= 4 is 28.5 Å². The molecule has 0 spiro atoms. The molecule has 0 radical (unpaired) electrons. The lowest BCUT2D eigenvalue weighted by Crippen LogP contribution is -2.36. The minimum absolute atomic E-state index is 0.206. The van der Waals surface area contributed by atoms with Gasteiger partial charge in [-0.25, -0.2) is 4.98 Å². The lowest BCUT2D eigenvalue weighted by atomic mass is 10.1. The molecule has 7 nitrogen and oxygen atoms in total. The normalized spacial score (nSPS) is 16.9. The molecule has 1 aliphatic rings. The van der Waals surface area contributed by atoms with Crippen molar-refractivity contribution in [3.63, 3.8) is 0 Å². The molecule has 1 N–H and O–H groups in total. The van der Waals surface area contributed by atoms with E-state index in [-0.39, 0.29) is 5.91 Å². The van der Waals surface area contributed by atoms with Gasteiger partial charge in [-0.05, 0) is 44.4 Å². The maximum Gasteiger partial charge on any atom is 0.223 e. The Morgan fingerprint density at radius 1 is 1.36 bits per heavy atom. The van der Waals surface area contributed by atoms with E-state index in [0.717, 1.165) is 61.5 Å². The van der Waals surface area contributed by atoms with Gasteiger partial charge >= 0.3 is 0 Å². The van der Waals surface area contributed by atoms with E-state index in [1.807, 2.05) is 23.1 Å². The number of carbonyl (C=O) groups excluding carboxylic acids is 1. The number of likely N-dealkylation sites (tertiary alicyclic amines) is 1. The number of nitrogens with zero attached hydrogens (tertiary/aromatic N) is 5. The third kappa shape index (κ3) is 4.04. The number of aromatic nitrogens is 5. The summed E-state index contributed by atoms with van der Waals surface area (Å²) < 4.78 is 2.06. The van der Waals surface area contributed by atoms with E-state index in [1.54, 1.807) is 6.33 Å². The summed E-state index contributed by atoms with van der Waals surface area (Å²) in [6, 6.07) is 5.88. The molecule has 2 aromatic heterocycles. The maximum absolute atomic E-state index is 12.8. The number of imidazole rings is 1. The molecule has 1 aliphatic heterocycles. The Labute approximate surface area is 169 Å². The van der Waals surface area contributed by atoms with Crippen molar-refractivity contribution in [3.05, 3.63) is 41.2 Å². The second-order valence-corrected chi connectivity index (χ2v) is 7.74. The number of hydrogen-bond donors (Lipinski definition) is 1. The number of rotatable bonds is 7. The van der Waals surface area contributed by atoms with Crippen LogP contribution in [0.5, 0.6) is 0 Å². The number of aromatic amines is 1. The van der Waals surface area contributed by atoms with Crippen LogP contribution in [0.4, 0.5) is 0 Å². The highest BCUT2D eigenvalue weighted by Gasteiger charge is 2.28. The van der Waals surface area contributed by atoms with E-state index in [1.165, 1.54) is 0 Å². The lowest BCUT2D eigenvalue weighted by Gasteiger charge is -2.24. The number of aryl methyl sites for hydroxylation is 3. The highest BCUT2D eigenvalue weighted by atomic mass is 35.5. The smallest absolute Gasteiger partial charge is 0.223 e. The molecule has 1 saturated heterocycles. The molecule has 148 valence electrons. The van der Waals surface area contributed by atoms with E-state index < -0.39 is 0 Å². The molecule has 4 rings (SSSR count). The molecule has 0 bridgehead atoms. The fraction of sp³-hybridized carbons (Fsp3) is 0.500. The molecule has 3 aromatic rings. The summed E-state index contributed by atoms with van der Waals surface area (Å²) in [7, 11) is 0. The van der Waals surface area contributed by atoms with Crippen LogP contribution in [0.15, 0.2) is 24.5 Å². The van der Waals surface area contributed by atoms with Gasteiger partial charge in [0, 0.05) is 43.4 Å². The summed E-state index contributed by atoms with van der Waals surface area (Å²) in [6.45, 7) is 3.81. The molecular weight excluding hydrogens is 376 g/mol. The van der Waals surface area contributed by atoms with Gasteiger partial charge in [0.25, 0.3) is 0 Å². The molecule has 0 saturated carbocycles. The predicted octanol–water partition coefficient (Wildman–Crippen LogP) is 3.38. The molecule has 1 amide bonds. The molecule has 1 unspecified atom stereocenters. The number of halogens is 1. The number of carbonyl (C=O) groups is 1. The largest absolute Gasteiger partial charge is 0.342 e. The van der Waals surface area contributed by atoms with Crippen molar-refractivity contribution in [1.29, 1.82) is 0 Å². The first-order valence-electron chi connectivity index (χ1n) is 9.94. The molecule has 28 heavy (non-hydrogen) atoms. The zero-order valence-corrected chi connectivity index (χ0v) is 16.8. The van der Waals surface area contributed by atoms with Crippen molar-refractivity contribution in [3.8, 4) is 0 Å². The van der Waals surface area contributed by atoms with Gasteiger partial charge in [-0.15, -0.1) is 10.2 Å². The molecule has 1 aromatic carbocycles. The monoisotopic (exact) mass is 400 g/mol. The summed E-state index contributed by atoms with van der Waals surface area (Å²) in [6.07, 6.45) is 6.77. The summed E-state index contributed by atoms with van der Waals surface area (Å²) in [4.78, 5) is 22.7. The lowest BCUT2D eigenvalue weighted by molar-refractivity contribution is -0.132. The van der Waals surface area contributed by atoms with Crippen molar-refractivity contribution in [2.45, 2.75) is 58.0 Å². The van der Waals surface area contributed by atoms with Crippen LogP contribution in [0.2, 0.25) is 5.02 Å². The molecule has 8 heteroatoms. The highest BCUT2D eigenvalue weighted by Crippen LogP contribution is 2.23. The number of amides is 1. The highest BCUT2D eigenvalue weighted by molar-refractivity contribution is 6.31. The average molecular weight is 401 g/mol. The van der Waals surface area contributed by atoms with Crippen molar-refractivity contribution in [1.82, 2.24) is 29.6 Å². The third-order valence-electron chi connectivity index (χ3n) is 5.50. The van der Waals surface area contributed by atoms with Crippen LogP contribution >= 0.6 is 11.6 Å². The van der Waals surface area contributed by atoms with Gasteiger partial charge < -0.3 is 14.5 Å². The Kier molecular flexibility index (Phi) is 5.62. The van der Waals surface area contributed by atoms with Crippen LogP contribution in [-0.2, 0) is 24.2 Å². The van der Waals surface area contributed by atoms with Gasteiger partial charge in [0.2, 0.25) is 5.91 Å². The molecule has 3 heterocycles. The summed E-state index contributed by atoms with van der Waals surface area (Å²) >= 11 is 6.02. The predicted molar refractivity (Wildman–Crippen MR) is 108 cm³/mol. The standard InChI is InChI=1S/C20H25ClN6O/c1-2-26-13-22-25-19(26)9-6-15-4-3-11-27(15)20(28)10-8-18-23-16-7-5-14(21)12-17(16)24-18/h5,7,12-13,15H,2-4,6,8-11H2,1H3,(H,23,24). The van der Waals surface area contributed by atoms with Gasteiger partial charge in [-0.3, -0.25) is 4.79 Å². The molecule has 1 atom stereocenters. The van der Waals surface area contributed by atoms with Gasteiger partial charge in [0.05, 0.1) is 11.0 Å². The van der Waals surface area contributed by atoms with Crippen molar-refractivity contribution in [2.24, 2.45) is 0 Å². The summed E-state index contributed by atoms with van der Waals surface area (Å²) in [5, 5.41) is 8.88. The summed E-state index contributed by atoms with van der Waals surface area (Å²) in [5.41, 5.74) is 1.79. The number of benzene rings is 1. The number of H-pyrrole nitrogens is 1. The Balaban J connectivity index is 1.33. The topological polar surface area (TPSA) is 79.7 Å². The quantitative estimate of drug-likeness (QED) is 0.659. The van der Waals surface area contributed by atoms with Crippen LogP contribution in [0, 0.1) is 0 Å². The summed E-state index contributed by atoms with van der Waals surface area (Å²) in [5.74, 6) is 2.04. The maximum atomic E-state index is 12.8. The van der Waals surface area contributed by atoms with Gasteiger partial charge in [0.1, 0.15) is 18.0 Å². The zero-order chi connectivity index (χ0) is 19.5. The van der Waals surface area contributed by atoms with Crippen LogP contribution in [-0.4, -0.2) is 48.1 Å². The Morgan fingerprint density at radius 2 is 2.25 bits per heavy atom. The molecule has 1 fully saturated rings. The minimum Gasteiger partial charge on any atom is -0.342 e. The van der Waals surface area contributed by atoms with Gasteiger partial charge in [-0.2, -0.15) is 0 Å². The van der Waals surface area contributed by atoms with Crippen LogP contribution in [0.25, 0.3) is 11.0 Å². The SMILES string of the molecule is CCn1cnnc1CCC1CCCN1C(=O)CCc1nc2ccc(Cl)cc2[nH]1. The van der Waals surface area contributed by atoms with E-state index in [2.05, 4.69) is 31.7 Å². The van der Waals surface area contributed by atoms with Crippen LogP contribution < -0.4 is 0 Å². The first-order valence-corrected chi connectivity index (χ1v) is 10.3. The van der Waals surface area contributed by atoms with E-state index >= 15 is 0 Å². The first-order chi connectivity index (χ1) is 13.6. The van der Waals surface area contributed by atoms with E-state index in [4.69, 9.17) is 11.6 Å². The Bertz CT molecular complexity index is 965. The Hall–Kier alpha value is -2.41. The number of hydrogen-bond acceptors (Lipinski definition) is 4. The minimum atomic E-state index is 0.206. The fourth-order valence-electron chi connectivity index (χ4n) is 4.02. The number of nitrogens with one attached hydrogen (secondary N) is 1. The second kappa shape index (κ2) is 8.31. The van der Waals surface area contributed by atoms with E-state index in [0.29, 0.717) is 23.9 Å². The van der Waals surface area contributed by atoms with Gasteiger partial charge in [-0.1, -0.05) is 11.6 Å². The van der Waals surface area contributed by atoms with Gasteiger partial charge in [0.15, 0.2) is 0 Å². The molecular formula is C20H25ClN6O. The Morgan fingerprint density at radius 3 is 3.11 bits per heavy atom. The molecule has 0 aliphatic carbocycles. The first kappa shape index (κ1) is 18.9. The second-order valence-electron chi connectivity index (χ2n) is 7.30. The average Bonchev–Trinajstić information content (AvgIpc) is 3.42. The van der Waals surface area contributed by atoms with Crippen LogP contribution in [0.3, 0.4) is 0 Å². The van der Waals surface area contributed by atoms with Crippen molar-refractivity contribution in [2.75, 3.05) is 6.54 Å². The number of fused-ring (bicyclic) bond motifs is 1. The fourth-order valence-corrected chi connectivity index (χ4v) is 4.19. The van der Waals surface area contributed by atoms with E-state index in [9.17, 15) is 4.79 Å².